The van der Waals surface area contributed by atoms with Crippen LogP contribution in [0, 0.1) is 0 Å². The maximum atomic E-state index is 3.43. The summed E-state index contributed by atoms with van der Waals surface area (Å²) in [4.78, 5) is 8.42. The van der Waals surface area contributed by atoms with E-state index in [1.807, 2.05) is 0 Å². The average molecular weight is 271 g/mol. The summed E-state index contributed by atoms with van der Waals surface area (Å²) in [5.41, 5.74) is 4.16. The minimum atomic E-state index is 1.10. The molecule has 0 saturated carbocycles. The summed E-state index contributed by atoms with van der Waals surface area (Å²) in [7, 11) is 2.21. The van der Waals surface area contributed by atoms with Crippen LogP contribution in [0.15, 0.2) is 24.4 Å². The number of aromatic nitrogens is 1. The predicted molar refractivity (Wildman–Crippen MR) is 85.3 cm³/mol. The van der Waals surface area contributed by atoms with Crippen molar-refractivity contribution in [2.45, 2.75) is 19.8 Å². The molecule has 1 fully saturated rings. The fraction of sp³-hybridized carbons (Fsp3) is 0.529. The number of nitrogens with zero attached hydrogens (tertiary/aromatic N) is 2. The summed E-state index contributed by atoms with van der Waals surface area (Å²) in [6, 6.07) is 6.83. The number of likely N-dealkylation sites (N-methyl/N-ethyl adjacent to an activating group) is 1. The Kier molecular flexibility index (Phi) is 4.08. The molecule has 3 nitrogen and oxygen atoms in total. The van der Waals surface area contributed by atoms with Gasteiger partial charge in [-0.3, -0.25) is 0 Å². The van der Waals surface area contributed by atoms with E-state index in [4.69, 9.17) is 0 Å². The monoisotopic (exact) mass is 271 g/mol. The summed E-state index contributed by atoms with van der Waals surface area (Å²) in [5, 5.41) is 1.40. The van der Waals surface area contributed by atoms with Gasteiger partial charge in [0.2, 0.25) is 0 Å². The van der Waals surface area contributed by atoms with E-state index in [-0.39, 0.29) is 0 Å². The molecule has 0 aliphatic carbocycles. The van der Waals surface area contributed by atoms with Crippen molar-refractivity contribution in [1.82, 2.24) is 14.8 Å². The standard InChI is InChI=1S/C17H25N3/c1-3-14-4-5-16-15(13-18-17(16)12-14)6-7-20-10-8-19(2)9-11-20/h4-5,12-13,18H,3,6-11H2,1-2H3. The van der Waals surface area contributed by atoms with E-state index in [1.54, 1.807) is 0 Å². The lowest BCUT2D eigenvalue weighted by Gasteiger charge is -2.32. The molecule has 1 aromatic carbocycles. The van der Waals surface area contributed by atoms with E-state index < -0.39 is 0 Å². The number of nitrogens with one attached hydrogen (secondary N) is 1. The molecule has 0 unspecified atom stereocenters. The second-order valence-corrected chi connectivity index (χ2v) is 5.94. The molecule has 2 heterocycles. The first kappa shape index (κ1) is 13.7. The van der Waals surface area contributed by atoms with Crippen LogP contribution < -0.4 is 0 Å². The largest absolute Gasteiger partial charge is 0.361 e. The zero-order valence-electron chi connectivity index (χ0n) is 12.7. The fourth-order valence-electron chi connectivity index (χ4n) is 3.01. The smallest absolute Gasteiger partial charge is 0.0459 e. The molecule has 1 aliphatic heterocycles. The van der Waals surface area contributed by atoms with Gasteiger partial charge in [0.1, 0.15) is 0 Å². The Labute approximate surface area is 121 Å². The zero-order chi connectivity index (χ0) is 13.9. The van der Waals surface area contributed by atoms with E-state index >= 15 is 0 Å². The minimum Gasteiger partial charge on any atom is -0.361 e. The Morgan fingerprint density at radius 3 is 2.70 bits per heavy atom. The van der Waals surface area contributed by atoms with Crippen molar-refractivity contribution in [3.63, 3.8) is 0 Å². The van der Waals surface area contributed by atoms with E-state index in [0.29, 0.717) is 0 Å². The predicted octanol–water partition coefficient (Wildman–Crippen LogP) is 2.52. The highest BCUT2D eigenvalue weighted by molar-refractivity contribution is 5.83. The van der Waals surface area contributed by atoms with E-state index in [2.05, 4.69) is 53.2 Å². The van der Waals surface area contributed by atoms with Crippen molar-refractivity contribution in [2.24, 2.45) is 0 Å². The van der Waals surface area contributed by atoms with Gasteiger partial charge >= 0.3 is 0 Å². The molecular weight excluding hydrogens is 246 g/mol. The Balaban J connectivity index is 1.65. The molecule has 0 spiro atoms. The Morgan fingerprint density at radius 1 is 1.15 bits per heavy atom. The van der Waals surface area contributed by atoms with Crippen molar-refractivity contribution < 1.29 is 0 Å². The molecule has 3 heteroatoms. The molecule has 108 valence electrons. The Bertz CT molecular complexity index is 565. The summed E-state index contributed by atoms with van der Waals surface area (Å²) in [5.74, 6) is 0. The van der Waals surface area contributed by atoms with Crippen LogP contribution in [-0.2, 0) is 12.8 Å². The van der Waals surface area contributed by atoms with Gasteiger partial charge in [-0.1, -0.05) is 19.1 Å². The van der Waals surface area contributed by atoms with Gasteiger partial charge < -0.3 is 14.8 Å². The van der Waals surface area contributed by atoms with Gasteiger partial charge in [0.15, 0.2) is 0 Å². The lowest BCUT2D eigenvalue weighted by Crippen LogP contribution is -2.45. The average Bonchev–Trinajstić information content (AvgIpc) is 2.89. The third kappa shape index (κ3) is 2.89. The summed E-state index contributed by atoms with van der Waals surface area (Å²) in [6.45, 7) is 8.20. The Hall–Kier alpha value is -1.32. The molecule has 0 amide bonds. The number of hydrogen-bond acceptors (Lipinski definition) is 2. The van der Waals surface area contributed by atoms with Gasteiger partial charge in [-0.05, 0) is 37.1 Å². The number of rotatable bonds is 4. The summed E-state index contributed by atoms with van der Waals surface area (Å²) < 4.78 is 0. The molecule has 0 radical (unpaired) electrons. The van der Waals surface area contributed by atoms with Crippen LogP contribution in [0.2, 0.25) is 0 Å². The van der Waals surface area contributed by atoms with Crippen LogP contribution in [0.3, 0.4) is 0 Å². The topological polar surface area (TPSA) is 22.3 Å². The number of fused-ring (bicyclic) bond motifs is 1. The fourth-order valence-corrected chi connectivity index (χ4v) is 3.01. The minimum absolute atomic E-state index is 1.10. The van der Waals surface area contributed by atoms with Crippen LogP contribution >= 0.6 is 0 Å². The molecular formula is C17H25N3. The van der Waals surface area contributed by atoms with E-state index in [0.717, 1.165) is 12.8 Å². The zero-order valence-corrected chi connectivity index (χ0v) is 12.7. The third-order valence-electron chi connectivity index (χ3n) is 4.53. The maximum absolute atomic E-state index is 3.43. The number of benzene rings is 1. The number of aromatic amines is 1. The van der Waals surface area contributed by atoms with Crippen LogP contribution in [0.5, 0.6) is 0 Å². The number of piperazine rings is 1. The molecule has 1 N–H and O–H groups in total. The molecule has 20 heavy (non-hydrogen) atoms. The second kappa shape index (κ2) is 5.98. The molecule has 1 saturated heterocycles. The second-order valence-electron chi connectivity index (χ2n) is 5.94. The normalized spacial score (nSPS) is 17.9. The van der Waals surface area contributed by atoms with Gasteiger partial charge in [-0.25, -0.2) is 0 Å². The highest BCUT2D eigenvalue weighted by Crippen LogP contribution is 2.20. The van der Waals surface area contributed by atoms with Gasteiger partial charge in [0.25, 0.3) is 0 Å². The Morgan fingerprint density at radius 2 is 1.95 bits per heavy atom. The van der Waals surface area contributed by atoms with Crippen molar-refractivity contribution >= 4 is 10.9 Å². The lowest BCUT2D eigenvalue weighted by molar-refractivity contribution is 0.155. The van der Waals surface area contributed by atoms with Crippen LogP contribution in [-0.4, -0.2) is 54.6 Å². The number of aryl methyl sites for hydroxylation is 1. The van der Waals surface area contributed by atoms with Gasteiger partial charge in [-0.2, -0.15) is 0 Å². The summed E-state index contributed by atoms with van der Waals surface area (Å²) in [6.07, 6.45) is 4.45. The molecule has 2 aromatic rings. The van der Waals surface area contributed by atoms with E-state index in [1.165, 1.54) is 54.8 Å². The van der Waals surface area contributed by atoms with Gasteiger partial charge in [0.05, 0.1) is 0 Å². The van der Waals surface area contributed by atoms with Gasteiger partial charge in [-0.15, -0.1) is 0 Å². The highest BCUT2D eigenvalue weighted by Gasteiger charge is 2.14. The first-order chi connectivity index (χ1) is 9.76. The van der Waals surface area contributed by atoms with E-state index in [9.17, 15) is 0 Å². The lowest BCUT2D eigenvalue weighted by atomic mass is 10.1. The first-order valence-corrected chi connectivity index (χ1v) is 7.76. The number of H-pyrrole nitrogens is 1. The van der Waals surface area contributed by atoms with Gasteiger partial charge in [0, 0.05) is 49.8 Å². The third-order valence-corrected chi connectivity index (χ3v) is 4.53. The first-order valence-electron chi connectivity index (χ1n) is 7.76. The molecule has 1 aromatic heterocycles. The molecule has 0 atom stereocenters. The van der Waals surface area contributed by atoms with Crippen molar-refractivity contribution in [3.05, 3.63) is 35.5 Å². The maximum Gasteiger partial charge on any atom is 0.0459 e. The SMILES string of the molecule is CCc1ccc2c(CCN3CCN(C)CC3)c[nH]c2c1. The quantitative estimate of drug-likeness (QED) is 0.923. The number of hydrogen-bond donors (Lipinski definition) is 1. The van der Waals surface area contributed by atoms with Crippen LogP contribution in [0.4, 0.5) is 0 Å². The van der Waals surface area contributed by atoms with Crippen LogP contribution in [0.25, 0.3) is 10.9 Å². The summed E-state index contributed by atoms with van der Waals surface area (Å²) >= 11 is 0. The molecule has 3 rings (SSSR count). The van der Waals surface area contributed by atoms with Crippen molar-refractivity contribution in [2.75, 3.05) is 39.8 Å². The molecule has 0 bridgehead atoms. The van der Waals surface area contributed by atoms with Crippen LogP contribution in [0.1, 0.15) is 18.1 Å². The molecule has 1 aliphatic rings. The highest BCUT2D eigenvalue weighted by atomic mass is 15.2. The van der Waals surface area contributed by atoms with Crippen molar-refractivity contribution in [1.29, 1.82) is 0 Å². The van der Waals surface area contributed by atoms with Crippen molar-refractivity contribution in [3.8, 4) is 0 Å².